The number of nitrogens with zero attached hydrogens (tertiary/aromatic N) is 1. The average Bonchev–Trinajstić information content (AvgIpc) is 2.16. The number of halogens is 2. The van der Waals surface area contributed by atoms with Crippen LogP contribution in [0.4, 0.5) is 8.78 Å². The number of amides is 1. The van der Waals surface area contributed by atoms with Crippen LogP contribution >= 0.6 is 0 Å². The third kappa shape index (κ3) is 3.46. The van der Waals surface area contributed by atoms with E-state index in [1.165, 1.54) is 0 Å². The van der Waals surface area contributed by atoms with Gasteiger partial charge in [0.25, 0.3) is 5.92 Å². The molecule has 0 spiro atoms. The number of alkyl halides is 2. The largest absolute Gasteiger partial charge is 0.355 e. The van der Waals surface area contributed by atoms with Crippen LogP contribution in [0, 0.1) is 17.2 Å². The summed E-state index contributed by atoms with van der Waals surface area (Å²) in [6.45, 7) is -0.0203. The summed E-state index contributed by atoms with van der Waals surface area (Å²) in [6.07, 6.45) is 1.42. The van der Waals surface area contributed by atoms with Crippen molar-refractivity contribution in [2.75, 3.05) is 6.54 Å². The van der Waals surface area contributed by atoms with Crippen molar-refractivity contribution in [3.8, 4) is 6.07 Å². The van der Waals surface area contributed by atoms with Gasteiger partial charge in [0.2, 0.25) is 5.91 Å². The summed E-state index contributed by atoms with van der Waals surface area (Å²) in [5.41, 5.74) is 0. The lowest BCUT2D eigenvalue weighted by atomic mass is 9.85. The second-order valence-electron chi connectivity index (χ2n) is 3.84. The number of carbonyl (C=O) groups excluding carboxylic acids is 1. The van der Waals surface area contributed by atoms with Crippen molar-refractivity contribution in [1.29, 1.82) is 5.26 Å². The van der Waals surface area contributed by atoms with E-state index in [1.54, 1.807) is 6.07 Å². The highest BCUT2D eigenvalue weighted by atomic mass is 19.3. The molecule has 1 N–H and O–H groups in total. The fourth-order valence-electron chi connectivity index (χ4n) is 1.79. The van der Waals surface area contributed by atoms with Crippen LogP contribution in [-0.2, 0) is 4.79 Å². The number of nitrogens with one attached hydrogen (secondary N) is 1. The molecule has 0 radical (unpaired) electrons. The zero-order valence-electron chi connectivity index (χ0n) is 8.43. The highest BCUT2D eigenvalue weighted by molar-refractivity contribution is 5.77. The van der Waals surface area contributed by atoms with Crippen LogP contribution in [0.25, 0.3) is 0 Å². The molecule has 0 aliphatic heterocycles. The van der Waals surface area contributed by atoms with Crippen molar-refractivity contribution in [3.05, 3.63) is 0 Å². The van der Waals surface area contributed by atoms with Gasteiger partial charge in [0.1, 0.15) is 6.42 Å². The first kappa shape index (κ1) is 11.9. The van der Waals surface area contributed by atoms with Crippen LogP contribution in [0.1, 0.15) is 32.1 Å². The monoisotopic (exact) mass is 216 g/mol. The van der Waals surface area contributed by atoms with Gasteiger partial charge in [-0.3, -0.25) is 4.79 Å². The number of nitriles is 1. The van der Waals surface area contributed by atoms with Gasteiger partial charge in [-0.25, -0.2) is 8.78 Å². The molecule has 1 aliphatic rings. The maximum Gasteiger partial charge on any atom is 0.252 e. The van der Waals surface area contributed by atoms with Gasteiger partial charge >= 0.3 is 0 Å². The quantitative estimate of drug-likeness (QED) is 0.782. The van der Waals surface area contributed by atoms with E-state index in [1.807, 2.05) is 0 Å². The number of carbonyl (C=O) groups is 1. The Morgan fingerprint density at radius 3 is 2.87 bits per heavy atom. The molecule has 0 heterocycles. The first-order valence-corrected chi connectivity index (χ1v) is 5.08. The SMILES string of the molecule is N#CCC(=O)NCC1CCCCC1(F)F. The van der Waals surface area contributed by atoms with Gasteiger partial charge in [0.15, 0.2) is 0 Å². The number of hydrogen-bond acceptors (Lipinski definition) is 2. The normalized spacial score (nSPS) is 24.2. The van der Waals surface area contributed by atoms with Crippen molar-refractivity contribution in [1.82, 2.24) is 5.32 Å². The van der Waals surface area contributed by atoms with Crippen LogP contribution in [0.2, 0.25) is 0 Å². The predicted octanol–water partition coefficient (Wildman–Crippen LogP) is 1.84. The number of rotatable bonds is 3. The van der Waals surface area contributed by atoms with E-state index >= 15 is 0 Å². The van der Waals surface area contributed by atoms with Gasteiger partial charge in [0.05, 0.1) is 6.07 Å². The standard InChI is InChI=1S/C10H14F2N2O/c11-10(12)5-2-1-3-8(10)7-14-9(15)4-6-13/h8H,1-5,7H2,(H,14,15). The first-order chi connectivity index (χ1) is 7.06. The fraction of sp³-hybridized carbons (Fsp3) is 0.800. The Morgan fingerprint density at radius 2 is 2.27 bits per heavy atom. The molecule has 0 aromatic rings. The van der Waals surface area contributed by atoms with Gasteiger partial charge in [0, 0.05) is 18.9 Å². The summed E-state index contributed by atoms with van der Waals surface area (Å²) in [7, 11) is 0. The van der Waals surface area contributed by atoms with Gasteiger partial charge in [-0.15, -0.1) is 0 Å². The zero-order chi connectivity index (χ0) is 11.3. The Hall–Kier alpha value is -1.18. The second-order valence-corrected chi connectivity index (χ2v) is 3.84. The van der Waals surface area contributed by atoms with E-state index in [9.17, 15) is 13.6 Å². The minimum atomic E-state index is -2.67. The molecule has 1 rings (SSSR count). The Kier molecular flexibility index (Phi) is 4.01. The summed E-state index contributed by atoms with van der Waals surface area (Å²) in [6, 6.07) is 1.68. The Morgan fingerprint density at radius 1 is 1.53 bits per heavy atom. The van der Waals surface area contributed by atoms with E-state index in [0.29, 0.717) is 12.8 Å². The van der Waals surface area contributed by atoms with Crippen molar-refractivity contribution in [2.24, 2.45) is 5.92 Å². The topological polar surface area (TPSA) is 52.9 Å². The Balaban J connectivity index is 2.37. The number of hydrogen-bond donors (Lipinski definition) is 1. The van der Waals surface area contributed by atoms with Crippen molar-refractivity contribution in [2.45, 2.75) is 38.0 Å². The van der Waals surface area contributed by atoms with Gasteiger partial charge in [-0.1, -0.05) is 6.42 Å². The average molecular weight is 216 g/mol. The van der Waals surface area contributed by atoms with Gasteiger partial charge in [-0.2, -0.15) is 5.26 Å². The maximum absolute atomic E-state index is 13.3. The van der Waals surface area contributed by atoms with Crippen LogP contribution in [0.3, 0.4) is 0 Å². The second kappa shape index (κ2) is 5.06. The van der Waals surface area contributed by atoms with E-state index in [-0.39, 0.29) is 19.4 Å². The van der Waals surface area contributed by atoms with Crippen LogP contribution in [0.5, 0.6) is 0 Å². The summed E-state index contributed by atoms with van der Waals surface area (Å²) in [5.74, 6) is -3.91. The molecule has 1 unspecified atom stereocenters. The summed E-state index contributed by atoms with van der Waals surface area (Å²) in [4.78, 5) is 10.9. The Bertz CT molecular complexity index is 273. The zero-order valence-corrected chi connectivity index (χ0v) is 8.43. The molecule has 5 heteroatoms. The summed E-state index contributed by atoms with van der Waals surface area (Å²) < 4.78 is 26.6. The van der Waals surface area contributed by atoms with E-state index in [0.717, 1.165) is 6.42 Å². The molecule has 1 atom stereocenters. The lowest BCUT2D eigenvalue weighted by Crippen LogP contribution is -2.40. The van der Waals surface area contributed by atoms with Crippen LogP contribution < -0.4 is 5.32 Å². The summed E-state index contributed by atoms with van der Waals surface area (Å²) >= 11 is 0. The maximum atomic E-state index is 13.3. The molecule has 15 heavy (non-hydrogen) atoms. The van der Waals surface area contributed by atoms with Gasteiger partial charge < -0.3 is 5.32 Å². The van der Waals surface area contributed by atoms with Crippen molar-refractivity contribution in [3.63, 3.8) is 0 Å². The molecule has 0 bridgehead atoms. The molecule has 1 fully saturated rings. The van der Waals surface area contributed by atoms with Crippen molar-refractivity contribution >= 4 is 5.91 Å². The molecule has 1 amide bonds. The van der Waals surface area contributed by atoms with E-state index in [4.69, 9.17) is 5.26 Å². The summed E-state index contributed by atoms with van der Waals surface area (Å²) in [5, 5.41) is 10.6. The minimum absolute atomic E-state index is 0.0203. The molecule has 1 aliphatic carbocycles. The Labute approximate surface area is 87.5 Å². The third-order valence-corrected chi connectivity index (χ3v) is 2.70. The lowest BCUT2D eigenvalue weighted by Gasteiger charge is -2.31. The highest BCUT2D eigenvalue weighted by Gasteiger charge is 2.41. The first-order valence-electron chi connectivity index (χ1n) is 5.08. The smallest absolute Gasteiger partial charge is 0.252 e. The lowest BCUT2D eigenvalue weighted by molar-refractivity contribution is -0.122. The fourth-order valence-corrected chi connectivity index (χ4v) is 1.79. The molecule has 0 saturated heterocycles. The van der Waals surface area contributed by atoms with E-state index < -0.39 is 17.7 Å². The van der Waals surface area contributed by atoms with Gasteiger partial charge in [-0.05, 0) is 12.8 Å². The van der Waals surface area contributed by atoms with Crippen LogP contribution in [0.15, 0.2) is 0 Å². The molecule has 84 valence electrons. The van der Waals surface area contributed by atoms with Crippen molar-refractivity contribution < 1.29 is 13.6 Å². The minimum Gasteiger partial charge on any atom is -0.355 e. The predicted molar refractivity (Wildman–Crippen MR) is 50.1 cm³/mol. The molecular weight excluding hydrogens is 202 g/mol. The van der Waals surface area contributed by atoms with E-state index in [2.05, 4.69) is 5.32 Å². The molecule has 0 aromatic heterocycles. The third-order valence-electron chi connectivity index (χ3n) is 2.70. The highest BCUT2D eigenvalue weighted by Crippen LogP contribution is 2.37. The molecule has 0 aromatic carbocycles. The van der Waals surface area contributed by atoms with Crippen LogP contribution in [-0.4, -0.2) is 18.4 Å². The molecule has 3 nitrogen and oxygen atoms in total. The molecule has 1 saturated carbocycles. The molecular formula is C10H14F2N2O.